The van der Waals surface area contributed by atoms with Crippen LogP contribution < -0.4 is 0 Å². The Morgan fingerprint density at radius 1 is 1.28 bits per heavy atom. The first-order valence-electron chi connectivity index (χ1n) is 5.22. The maximum Gasteiger partial charge on any atom is 0.411 e. The van der Waals surface area contributed by atoms with E-state index in [1.54, 1.807) is 11.8 Å². The lowest BCUT2D eigenvalue weighted by Gasteiger charge is -2.08. The smallest absolute Gasteiger partial charge is 0.372 e. The molecule has 0 saturated heterocycles. The Labute approximate surface area is 111 Å². The lowest BCUT2D eigenvalue weighted by atomic mass is 10.2. The SMILES string of the molecule is FC(F)(F)COCCc1nc(Cl)c2c(n1)CSC2. The van der Waals surface area contributed by atoms with Crippen molar-refractivity contribution in [3.8, 4) is 0 Å². The monoisotopic (exact) mass is 298 g/mol. The van der Waals surface area contributed by atoms with E-state index in [2.05, 4.69) is 14.7 Å². The van der Waals surface area contributed by atoms with Gasteiger partial charge in [-0.15, -0.1) is 0 Å². The number of alkyl halides is 3. The summed E-state index contributed by atoms with van der Waals surface area (Å²) >= 11 is 7.67. The van der Waals surface area contributed by atoms with E-state index in [1.165, 1.54) is 0 Å². The summed E-state index contributed by atoms with van der Waals surface area (Å²) in [4.78, 5) is 8.33. The van der Waals surface area contributed by atoms with E-state index >= 15 is 0 Å². The van der Waals surface area contributed by atoms with Crippen molar-refractivity contribution in [3.05, 3.63) is 22.2 Å². The van der Waals surface area contributed by atoms with Crippen LogP contribution in [0, 0.1) is 0 Å². The molecule has 1 aromatic heterocycles. The maximum absolute atomic E-state index is 11.8. The summed E-state index contributed by atoms with van der Waals surface area (Å²) in [6.07, 6.45) is -4.07. The molecule has 0 fully saturated rings. The van der Waals surface area contributed by atoms with Gasteiger partial charge in [-0.3, -0.25) is 0 Å². The van der Waals surface area contributed by atoms with Crippen LogP contribution in [0.3, 0.4) is 0 Å². The lowest BCUT2D eigenvalue weighted by Crippen LogP contribution is -2.18. The van der Waals surface area contributed by atoms with Crippen molar-refractivity contribution in [2.24, 2.45) is 0 Å². The third kappa shape index (κ3) is 3.73. The molecule has 0 bridgehead atoms. The molecule has 3 nitrogen and oxygen atoms in total. The number of thioether (sulfide) groups is 1. The largest absolute Gasteiger partial charge is 0.411 e. The molecule has 0 N–H and O–H groups in total. The summed E-state index contributed by atoms with van der Waals surface area (Å²) in [5.74, 6) is 2.00. The molecular formula is C10H10ClF3N2OS. The number of hydrogen-bond donors (Lipinski definition) is 0. The van der Waals surface area contributed by atoms with Crippen molar-refractivity contribution in [1.29, 1.82) is 0 Å². The first-order chi connectivity index (χ1) is 8.46. The van der Waals surface area contributed by atoms with Gasteiger partial charge in [0.1, 0.15) is 17.6 Å². The maximum atomic E-state index is 11.8. The second-order valence-corrected chi connectivity index (χ2v) is 5.11. The van der Waals surface area contributed by atoms with Gasteiger partial charge in [-0.25, -0.2) is 9.97 Å². The molecular weight excluding hydrogens is 289 g/mol. The Morgan fingerprint density at radius 2 is 2.06 bits per heavy atom. The number of halogens is 4. The van der Waals surface area contributed by atoms with E-state index in [9.17, 15) is 13.2 Å². The molecule has 0 aromatic carbocycles. The Kier molecular flexibility index (Phi) is 4.34. The molecule has 0 radical (unpaired) electrons. The van der Waals surface area contributed by atoms with Crippen LogP contribution in [0.2, 0.25) is 5.15 Å². The fraction of sp³-hybridized carbons (Fsp3) is 0.600. The van der Waals surface area contributed by atoms with Gasteiger partial charge in [-0.05, 0) is 0 Å². The number of ether oxygens (including phenoxy) is 1. The molecule has 2 heterocycles. The van der Waals surface area contributed by atoms with E-state index in [-0.39, 0.29) is 13.0 Å². The number of aromatic nitrogens is 2. The standard InChI is InChI=1S/C10H10ClF3N2OS/c11-9-6-3-18-4-7(6)15-8(16-9)1-2-17-5-10(12,13)14/h1-5H2. The fourth-order valence-corrected chi connectivity index (χ4v) is 2.92. The van der Waals surface area contributed by atoms with Crippen LogP contribution in [0.15, 0.2) is 0 Å². The van der Waals surface area contributed by atoms with E-state index in [0.29, 0.717) is 11.0 Å². The van der Waals surface area contributed by atoms with Crippen LogP contribution in [0.4, 0.5) is 13.2 Å². The van der Waals surface area contributed by atoms with Crippen LogP contribution in [0.5, 0.6) is 0 Å². The molecule has 18 heavy (non-hydrogen) atoms. The van der Waals surface area contributed by atoms with Crippen molar-refractivity contribution < 1.29 is 17.9 Å². The molecule has 1 aromatic rings. The van der Waals surface area contributed by atoms with Gasteiger partial charge in [0.2, 0.25) is 0 Å². The average molecular weight is 299 g/mol. The summed E-state index contributed by atoms with van der Waals surface area (Å²) in [7, 11) is 0. The number of hydrogen-bond acceptors (Lipinski definition) is 4. The summed E-state index contributed by atoms with van der Waals surface area (Å²) in [5.41, 5.74) is 1.81. The highest BCUT2D eigenvalue weighted by molar-refractivity contribution is 7.98. The molecule has 0 atom stereocenters. The van der Waals surface area contributed by atoms with Crippen molar-refractivity contribution >= 4 is 23.4 Å². The molecule has 0 aliphatic carbocycles. The first kappa shape index (κ1) is 13.9. The predicted octanol–water partition coefficient (Wildman–Crippen LogP) is 3.00. The zero-order chi connectivity index (χ0) is 13.2. The quantitative estimate of drug-likeness (QED) is 0.632. The Hall–Kier alpha value is -0.530. The van der Waals surface area contributed by atoms with E-state index in [0.717, 1.165) is 22.8 Å². The molecule has 8 heteroatoms. The van der Waals surface area contributed by atoms with Gasteiger partial charge in [0, 0.05) is 23.5 Å². The normalized spacial score (nSPS) is 14.9. The molecule has 0 unspecified atom stereocenters. The van der Waals surface area contributed by atoms with Crippen molar-refractivity contribution in [3.63, 3.8) is 0 Å². The minimum absolute atomic E-state index is 0.0677. The molecule has 1 aliphatic rings. The zero-order valence-corrected chi connectivity index (χ0v) is 10.8. The van der Waals surface area contributed by atoms with Gasteiger partial charge >= 0.3 is 6.18 Å². The number of rotatable bonds is 4. The van der Waals surface area contributed by atoms with Crippen molar-refractivity contribution in [2.75, 3.05) is 13.2 Å². The second-order valence-electron chi connectivity index (χ2n) is 3.77. The molecule has 0 amide bonds. The van der Waals surface area contributed by atoms with Gasteiger partial charge in [0.15, 0.2) is 0 Å². The first-order valence-corrected chi connectivity index (χ1v) is 6.75. The minimum atomic E-state index is -4.30. The third-order valence-corrected chi connectivity index (χ3v) is 3.59. The highest BCUT2D eigenvalue weighted by atomic mass is 35.5. The van der Waals surface area contributed by atoms with Crippen LogP contribution in [0.25, 0.3) is 0 Å². The summed E-state index contributed by atoms with van der Waals surface area (Å²) in [6, 6.07) is 0. The summed E-state index contributed by atoms with van der Waals surface area (Å²) in [5, 5.41) is 0.399. The van der Waals surface area contributed by atoms with E-state index in [1.807, 2.05) is 0 Å². The van der Waals surface area contributed by atoms with Gasteiger partial charge in [0.25, 0.3) is 0 Å². The number of nitrogens with zero attached hydrogens (tertiary/aromatic N) is 2. The van der Waals surface area contributed by atoms with Gasteiger partial charge in [-0.2, -0.15) is 24.9 Å². The van der Waals surface area contributed by atoms with Crippen molar-refractivity contribution in [2.45, 2.75) is 24.1 Å². The summed E-state index contributed by atoms with van der Waals surface area (Å²) in [6.45, 7) is -1.32. The average Bonchev–Trinajstić information content (AvgIpc) is 2.71. The van der Waals surface area contributed by atoms with E-state index in [4.69, 9.17) is 11.6 Å². The second kappa shape index (κ2) is 5.63. The Balaban J connectivity index is 1.89. The molecule has 0 saturated carbocycles. The lowest BCUT2D eigenvalue weighted by molar-refractivity contribution is -0.173. The molecule has 100 valence electrons. The predicted molar refractivity (Wildman–Crippen MR) is 62.6 cm³/mol. The topological polar surface area (TPSA) is 35.0 Å². The van der Waals surface area contributed by atoms with Crippen LogP contribution in [-0.2, 0) is 22.7 Å². The summed E-state index contributed by atoms with van der Waals surface area (Å²) < 4.78 is 40.0. The van der Waals surface area contributed by atoms with E-state index < -0.39 is 12.8 Å². The van der Waals surface area contributed by atoms with Gasteiger partial charge in [-0.1, -0.05) is 11.6 Å². The Morgan fingerprint density at radius 3 is 2.78 bits per heavy atom. The van der Waals surface area contributed by atoms with Gasteiger partial charge in [0.05, 0.1) is 12.3 Å². The fourth-order valence-electron chi connectivity index (χ4n) is 1.52. The van der Waals surface area contributed by atoms with Crippen molar-refractivity contribution in [1.82, 2.24) is 9.97 Å². The Bertz CT molecular complexity index is 442. The molecule has 1 aliphatic heterocycles. The highest BCUT2D eigenvalue weighted by Crippen LogP contribution is 2.32. The van der Waals surface area contributed by atoms with Crippen LogP contribution in [0.1, 0.15) is 17.1 Å². The third-order valence-electron chi connectivity index (χ3n) is 2.31. The molecule has 2 rings (SSSR count). The van der Waals surface area contributed by atoms with Gasteiger partial charge < -0.3 is 4.74 Å². The minimum Gasteiger partial charge on any atom is -0.372 e. The highest BCUT2D eigenvalue weighted by Gasteiger charge is 2.27. The van der Waals surface area contributed by atoms with Crippen LogP contribution in [-0.4, -0.2) is 29.4 Å². The number of fused-ring (bicyclic) bond motifs is 1. The van der Waals surface area contributed by atoms with Crippen LogP contribution >= 0.6 is 23.4 Å². The zero-order valence-electron chi connectivity index (χ0n) is 9.26. The molecule has 0 spiro atoms.